The Morgan fingerprint density at radius 3 is 3.00 bits per heavy atom. The molecule has 1 heterocycles. The van der Waals surface area contributed by atoms with Gasteiger partial charge in [-0.15, -0.1) is 0 Å². The van der Waals surface area contributed by atoms with E-state index in [2.05, 4.69) is 4.98 Å². The van der Waals surface area contributed by atoms with Crippen LogP contribution in [0, 0.1) is 10.2 Å². The van der Waals surface area contributed by atoms with E-state index >= 15 is 0 Å². The molecule has 0 bridgehead atoms. The molecule has 0 atom stereocenters. The lowest BCUT2D eigenvalue weighted by Crippen LogP contribution is -1.79. The molecule has 1 rings (SSSR count). The van der Waals surface area contributed by atoms with Crippen LogP contribution in [0.5, 0.6) is 0 Å². The maximum Gasteiger partial charge on any atom is 0.266 e. The van der Waals surface area contributed by atoms with Crippen molar-refractivity contribution in [3.05, 3.63) is 22.4 Å². The van der Waals surface area contributed by atoms with Crippen molar-refractivity contribution >= 4 is 24.5 Å². The summed E-state index contributed by atoms with van der Waals surface area (Å²) in [4.78, 5) is 3.15. The normalized spacial score (nSPS) is 10.8. The molecule has 0 aromatic carbocycles. The van der Waals surface area contributed by atoms with Gasteiger partial charge in [0.15, 0.2) is 5.76 Å². The van der Waals surface area contributed by atoms with E-state index in [1.807, 2.05) is 19.1 Å². The molecule has 1 aromatic rings. The SMILES string of the molecule is CC/C=C\c1[nH]c(=S)oc1C=N. The molecule has 0 saturated heterocycles. The molecule has 1 aromatic heterocycles. The van der Waals surface area contributed by atoms with E-state index in [-0.39, 0.29) is 0 Å². The van der Waals surface area contributed by atoms with Gasteiger partial charge in [-0.2, -0.15) is 0 Å². The Morgan fingerprint density at radius 2 is 2.42 bits per heavy atom. The van der Waals surface area contributed by atoms with E-state index in [1.54, 1.807) is 0 Å². The van der Waals surface area contributed by atoms with Crippen LogP contribution < -0.4 is 0 Å². The molecular formula is C8H10N2OS. The quantitative estimate of drug-likeness (QED) is 0.558. The average molecular weight is 182 g/mol. The van der Waals surface area contributed by atoms with E-state index in [4.69, 9.17) is 22.0 Å². The number of allylic oxidation sites excluding steroid dienone is 1. The predicted octanol–water partition coefficient (Wildman–Crippen LogP) is 2.76. The summed E-state index contributed by atoms with van der Waals surface area (Å²) in [6, 6.07) is 0. The van der Waals surface area contributed by atoms with E-state index in [0.29, 0.717) is 10.6 Å². The number of hydrogen-bond acceptors (Lipinski definition) is 3. The average Bonchev–Trinajstić information content (AvgIpc) is 2.42. The van der Waals surface area contributed by atoms with Crippen LogP contribution in [0.25, 0.3) is 6.08 Å². The summed E-state index contributed by atoms with van der Waals surface area (Å²) < 4.78 is 5.03. The zero-order valence-electron chi connectivity index (χ0n) is 6.76. The van der Waals surface area contributed by atoms with Crippen LogP contribution in [0.15, 0.2) is 10.5 Å². The van der Waals surface area contributed by atoms with Gasteiger partial charge < -0.3 is 14.8 Å². The van der Waals surface area contributed by atoms with Gasteiger partial charge in [0, 0.05) is 0 Å². The largest absolute Gasteiger partial charge is 0.428 e. The summed E-state index contributed by atoms with van der Waals surface area (Å²) >= 11 is 4.78. The molecule has 0 amide bonds. The van der Waals surface area contributed by atoms with Crippen LogP contribution >= 0.6 is 12.2 Å². The Bertz CT molecular complexity index is 348. The first-order chi connectivity index (χ1) is 5.77. The topological polar surface area (TPSA) is 52.8 Å². The Hall–Kier alpha value is -1.16. The fourth-order valence-electron chi connectivity index (χ4n) is 0.819. The second-order valence-corrected chi connectivity index (χ2v) is 2.62. The Labute approximate surface area is 75.6 Å². The van der Waals surface area contributed by atoms with Gasteiger partial charge in [-0.25, -0.2) is 0 Å². The van der Waals surface area contributed by atoms with Crippen LogP contribution in [0.3, 0.4) is 0 Å². The maximum atomic E-state index is 7.01. The summed E-state index contributed by atoms with van der Waals surface area (Å²) in [5.74, 6) is 0.477. The zero-order chi connectivity index (χ0) is 8.97. The smallest absolute Gasteiger partial charge is 0.266 e. The standard InChI is InChI=1S/C8H10N2OS/c1-2-3-4-6-7(5-9)11-8(12)10-6/h3-5,9H,2H2,1H3,(H,10,12)/b4-3-,9-5?. The minimum absolute atomic E-state index is 0.309. The van der Waals surface area contributed by atoms with Crippen molar-refractivity contribution in [2.75, 3.05) is 0 Å². The molecule has 0 unspecified atom stereocenters. The lowest BCUT2D eigenvalue weighted by Gasteiger charge is -1.85. The third-order valence-corrected chi connectivity index (χ3v) is 1.54. The van der Waals surface area contributed by atoms with Crippen molar-refractivity contribution in [2.45, 2.75) is 13.3 Å². The minimum atomic E-state index is 0.309. The fourth-order valence-corrected chi connectivity index (χ4v) is 1.02. The molecule has 0 aliphatic heterocycles. The Balaban J connectivity index is 3.04. The lowest BCUT2D eigenvalue weighted by molar-refractivity contribution is 0.534. The van der Waals surface area contributed by atoms with E-state index in [1.165, 1.54) is 0 Å². The molecule has 0 saturated carbocycles. The molecule has 2 N–H and O–H groups in total. The predicted molar refractivity (Wildman–Crippen MR) is 51.1 cm³/mol. The lowest BCUT2D eigenvalue weighted by atomic mass is 10.3. The molecular weight excluding hydrogens is 172 g/mol. The fraction of sp³-hybridized carbons (Fsp3) is 0.250. The summed E-state index contributed by atoms with van der Waals surface area (Å²) in [5, 5.41) is 7.01. The second kappa shape index (κ2) is 4.01. The third kappa shape index (κ3) is 1.92. The molecule has 0 aliphatic carbocycles. The summed E-state index contributed by atoms with van der Waals surface area (Å²) in [6.07, 6.45) is 5.92. The van der Waals surface area contributed by atoms with Gasteiger partial charge in [0.2, 0.25) is 0 Å². The van der Waals surface area contributed by atoms with Crippen molar-refractivity contribution < 1.29 is 4.42 Å². The molecule has 0 fully saturated rings. The molecule has 0 radical (unpaired) electrons. The van der Waals surface area contributed by atoms with Gasteiger partial charge in [0.25, 0.3) is 4.84 Å². The second-order valence-electron chi connectivity index (χ2n) is 2.25. The molecule has 12 heavy (non-hydrogen) atoms. The number of aromatic nitrogens is 1. The first-order valence-electron chi connectivity index (χ1n) is 3.68. The van der Waals surface area contributed by atoms with Crippen LogP contribution in [-0.4, -0.2) is 11.2 Å². The molecule has 4 heteroatoms. The summed E-state index contributed by atoms with van der Waals surface area (Å²) in [6.45, 7) is 2.04. The van der Waals surface area contributed by atoms with Crippen LogP contribution in [0.2, 0.25) is 0 Å². The minimum Gasteiger partial charge on any atom is -0.428 e. The van der Waals surface area contributed by atoms with Gasteiger partial charge in [-0.3, -0.25) is 0 Å². The highest BCUT2D eigenvalue weighted by molar-refractivity contribution is 7.71. The zero-order valence-corrected chi connectivity index (χ0v) is 7.57. The summed E-state index contributed by atoms with van der Waals surface area (Å²) in [7, 11) is 0. The molecule has 0 aliphatic rings. The van der Waals surface area contributed by atoms with Crippen molar-refractivity contribution in [2.24, 2.45) is 0 Å². The van der Waals surface area contributed by atoms with Gasteiger partial charge in [-0.1, -0.05) is 13.0 Å². The highest BCUT2D eigenvalue weighted by Crippen LogP contribution is 2.07. The van der Waals surface area contributed by atoms with Gasteiger partial charge >= 0.3 is 0 Å². The number of hydrogen-bond donors (Lipinski definition) is 2. The molecule has 3 nitrogen and oxygen atoms in total. The van der Waals surface area contributed by atoms with Gasteiger partial charge in [-0.05, 0) is 24.7 Å². The first kappa shape index (κ1) is 8.93. The number of H-pyrrole nitrogens is 1. The number of nitrogens with one attached hydrogen (secondary N) is 2. The monoisotopic (exact) mass is 182 g/mol. The van der Waals surface area contributed by atoms with E-state index in [0.717, 1.165) is 18.3 Å². The Morgan fingerprint density at radius 1 is 1.67 bits per heavy atom. The number of oxazole rings is 1. The van der Waals surface area contributed by atoms with Crippen molar-refractivity contribution in [1.82, 2.24) is 4.98 Å². The van der Waals surface area contributed by atoms with E-state index < -0.39 is 0 Å². The number of aromatic amines is 1. The van der Waals surface area contributed by atoms with Gasteiger partial charge in [0.05, 0.1) is 11.9 Å². The van der Waals surface area contributed by atoms with Crippen molar-refractivity contribution in [1.29, 1.82) is 5.41 Å². The van der Waals surface area contributed by atoms with Crippen molar-refractivity contribution in [3.8, 4) is 0 Å². The van der Waals surface area contributed by atoms with E-state index in [9.17, 15) is 0 Å². The highest BCUT2D eigenvalue weighted by atomic mass is 32.1. The summed E-state index contributed by atoms with van der Waals surface area (Å²) in [5.41, 5.74) is 0.761. The molecule has 0 spiro atoms. The van der Waals surface area contributed by atoms with Crippen LogP contribution in [0.4, 0.5) is 0 Å². The van der Waals surface area contributed by atoms with Crippen LogP contribution in [-0.2, 0) is 0 Å². The Kier molecular flexibility index (Phi) is 2.99. The van der Waals surface area contributed by atoms with Gasteiger partial charge in [0.1, 0.15) is 0 Å². The maximum absolute atomic E-state index is 7.01. The first-order valence-corrected chi connectivity index (χ1v) is 4.09. The van der Waals surface area contributed by atoms with Crippen LogP contribution in [0.1, 0.15) is 24.8 Å². The third-order valence-electron chi connectivity index (χ3n) is 1.36. The molecule has 64 valence electrons. The number of rotatable bonds is 3. The highest BCUT2D eigenvalue weighted by Gasteiger charge is 2.00. The van der Waals surface area contributed by atoms with Crippen molar-refractivity contribution in [3.63, 3.8) is 0 Å².